The third-order valence-corrected chi connectivity index (χ3v) is 4.10. The number of ether oxygens (including phenoxy) is 1. The number of rotatable bonds is 1. The minimum Gasteiger partial charge on any atom is -0.480 e. The average molecular weight is 254 g/mol. The Hall–Kier alpha value is -1.30. The number of amides is 2. The van der Waals surface area contributed by atoms with E-state index < -0.39 is 12.0 Å². The molecule has 100 valence electrons. The summed E-state index contributed by atoms with van der Waals surface area (Å²) in [5.74, 6) is -0.892. The van der Waals surface area contributed by atoms with Gasteiger partial charge in [0.2, 0.25) is 0 Å². The molecule has 2 unspecified atom stereocenters. The van der Waals surface area contributed by atoms with E-state index in [-0.39, 0.29) is 18.2 Å². The van der Waals surface area contributed by atoms with Crippen molar-refractivity contribution in [1.29, 1.82) is 0 Å². The van der Waals surface area contributed by atoms with Gasteiger partial charge in [-0.15, -0.1) is 0 Å². The zero-order chi connectivity index (χ0) is 12.7. The largest absolute Gasteiger partial charge is 0.480 e. The number of nitrogens with zero attached hydrogens (tertiary/aromatic N) is 2. The minimum absolute atomic E-state index is 0.125. The van der Waals surface area contributed by atoms with Crippen LogP contribution in [0.1, 0.15) is 25.7 Å². The topological polar surface area (TPSA) is 70.1 Å². The van der Waals surface area contributed by atoms with Crippen LogP contribution in [0.2, 0.25) is 0 Å². The zero-order valence-corrected chi connectivity index (χ0v) is 10.2. The number of hydrogen-bond donors (Lipinski definition) is 1. The first-order valence-electron chi connectivity index (χ1n) is 6.59. The molecule has 0 aromatic carbocycles. The predicted octanol–water partition coefficient (Wildman–Crippen LogP) is 0.519. The first-order valence-corrected chi connectivity index (χ1v) is 6.59. The fourth-order valence-electron chi connectivity index (χ4n) is 3.21. The normalized spacial score (nSPS) is 35.0. The molecule has 18 heavy (non-hydrogen) atoms. The molecule has 3 heterocycles. The van der Waals surface area contributed by atoms with Crippen LogP contribution in [0, 0.1) is 0 Å². The SMILES string of the molecule is O=C(O)[C@@H]1CCCN1C(=O)N1CC2CCC(C1)O2. The van der Waals surface area contributed by atoms with Crippen molar-refractivity contribution in [3.8, 4) is 0 Å². The van der Waals surface area contributed by atoms with Gasteiger partial charge in [0.05, 0.1) is 12.2 Å². The summed E-state index contributed by atoms with van der Waals surface area (Å²) in [5.41, 5.74) is 0. The van der Waals surface area contributed by atoms with Crippen molar-refractivity contribution >= 4 is 12.0 Å². The zero-order valence-electron chi connectivity index (χ0n) is 10.2. The summed E-state index contributed by atoms with van der Waals surface area (Å²) in [5, 5.41) is 9.11. The van der Waals surface area contributed by atoms with E-state index in [1.54, 1.807) is 4.90 Å². The second-order valence-corrected chi connectivity index (χ2v) is 5.33. The number of fused-ring (bicyclic) bond motifs is 2. The second-order valence-electron chi connectivity index (χ2n) is 5.33. The molecule has 2 bridgehead atoms. The highest BCUT2D eigenvalue weighted by molar-refractivity contribution is 5.83. The maximum absolute atomic E-state index is 12.4. The molecule has 3 atom stereocenters. The van der Waals surface area contributed by atoms with E-state index in [0.717, 1.165) is 19.3 Å². The molecule has 6 heteroatoms. The average Bonchev–Trinajstić information content (AvgIpc) is 2.95. The molecule has 0 radical (unpaired) electrons. The van der Waals surface area contributed by atoms with E-state index >= 15 is 0 Å². The monoisotopic (exact) mass is 254 g/mol. The van der Waals surface area contributed by atoms with Crippen LogP contribution in [0.15, 0.2) is 0 Å². The number of urea groups is 1. The number of carboxylic acid groups (broad SMARTS) is 1. The Morgan fingerprint density at radius 2 is 1.78 bits per heavy atom. The molecule has 3 saturated heterocycles. The van der Waals surface area contributed by atoms with Crippen LogP contribution in [0.25, 0.3) is 0 Å². The van der Waals surface area contributed by atoms with E-state index in [1.807, 2.05) is 0 Å². The fraction of sp³-hybridized carbons (Fsp3) is 0.833. The Balaban J connectivity index is 1.69. The molecule has 6 nitrogen and oxygen atoms in total. The summed E-state index contributed by atoms with van der Waals surface area (Å²) < 4.78 is 5.69. The van der Waals surface area contributed by atoms with Crippen molar-refractivity contribution in [2.45, 2.75) is 43.9 Å². The summed E-state index contributed by atoms with van der Waals surface area (Å²) in [7, 11) is 0. The molecule has 0 aromatic heterocycles. The smallest absolute Gasteiger partial charge is 0.326 e. The van der Waals surface area contributed by atoms with Crippen molar-refractivity contribution < 1.29 is 19.4 Å². The van der Waals surface area contributed by atoms with Gasteiger partial charge in [-0.05, 0) is 25.7 Å². The van der Waals surface area contributed by atoms with Crippen LogP contribution in [0.4, 0.5) is 4.79 Å². The Bertz CT molecular complexity index is 361. The molecule has 3 rings (SSSR count). The van der Waals surface area contributed by atoms with Gasteiger partial charge < -0.3 is 19.6 Å². The highest BCUT2D eigenvalue weighted by Gasteiger charge is 2.41. The summed E-state index contributed by atoms with van der Waals surface area (Å²) in [6, 6.07) is -0.766. The number of hydrogen-bond acceptors (Lipinski definition) is 3. The van der Waals surface area contributed by atoms with Gasteiger partial charge in [-0.3, -0.25) is 0 Å². The quantitative estimate of drug-likeness (QED) is 0.740. The van der Waals surface area contributed by atoms with Crippen LogP contribution in [-0.2, 0) is 9.53 Å². The Kier molecular flexibility index (Phi) is 2.89. The summed E-state index contributed by atoms with van der Waals surface area (Å²) in [6.45, 7) is 1.78. The lowest BCUT2D eigenvalue weighted by atomic mass is 10.2. The van der Waals surface area contributed by atoms with Gasteiger partial charge in [-0.2, -0.15) is 0 Å². The van der Waals surface area contributed by atoms with E-state index in [1.165, 1.54) is 4.90 Å². The number of carboxylic acids is 1. The highest BCUT2D eigenvalue weighted by Crippen LogP contribution is 2.28. The third-order valence-electron chi connectivity index (χ3n) is 4.10. The fourth-order valence-corrected chi connectivity index (χ4v) is 3.21. The van der Waals surface area contributed by atoms with Crippen molar-refractivity contribution in [1.82, 2.24) is 9.80 Å². The standard InChI is InChI=1S/C12H18N2O4/c15-11(16)10-2-1-5-14(10)12(17)13-6-8-3-4-9(7-13)18-8/h8-10H,1-7H2,(H,15,16)/t8?,9?,10-/m0/s1. The molecular formula is C12H18N2O4. The highest BCUT2D eigenvalue weighted by atomic mass is 16.5. The molecule has 1 N–H and O–H groups in total. The molecular weight excluding hydrogens is 236 g/mol. The van der Waals surface area contributed by atoms with Crippen LogP contribution in [0.3, 0.4) is 0 Å². The number of carbonyl (C=O) groups is 2. The molecule has 0 spiro atoms. The number of likely N-dealkylation sites (tertiary alicyclic amines) is 2. The van der Waals surface area contributed by atoms with E-state index in [0.29, 0.717) is 26.1 Å². The van der Waals surface area contributed by atoms with Gasteiger partial charge in [-0.1, -0.05) is 0 Å². The molecule has 0 aliphatic carbocycles. The van der Waals surface area contributed by atoms with Crippen molar-refractivity contribution in [3.63, 3.8) is 0 Å². The molecule has 0 saturated carbocycles. The molecule has 2 amide bonds. The number of morpholine rings is 1. The maximum atomic E-state index is 12.4. The lowest BCUT2D eigenvalue weighted by Gasteiger charge is -2.35. The molecule has 3 fully saturated rings. The minimum atomic E-state index is -0.892. The van der Waals surface area contributed by atoms with Gasteiger partial charge in [-0.25, -0.2) is 9.59 Å². The van der Waals surface area contributed by atoms with Gasteiger partial charge in [0.1, 0.15) is 6.04 Å². The Labute approximate surface area is 105 Å². The first kappa shape index (κ1) is 11.8. The summed E-state index contributed by atoms with van der Waals surface area (Å²) >= 11 is 0. The Morgan fingerprint density at radius 1 is 1.11 bits per heavy atom. The maximum Gasteiger partial charge on any atom is 0.326 e. The van der Waals surface area contributed by atoms with E-state index in [4.69, 9.17) is 9.84 Å². The second kappa shape index (κ2) is 4.42. The van der Waals surface area contributed by atoms with Gasteiger partial charge in [0.15, 0.2) is 0 Å². The third kappa shape index (κ3) is 1.94. The van der Waals surface area contributed by atoms with Crippen LogP contribution in [0.5, 0.6) is 0 Å². The van der Waals surface area contributed by atoms with Crippen molar-refractivity contribution in [2.24, 2.45) is 0 Å². The first-order chi connectivity index (χ1) is 8.65. The Morgan fingerprint density at radius 3 is 2.39 bits per heavy atom. The predicted molar refractivity (Wildman–Crippen MR) is 62.2 cm³/mol. The molecule has 0 aromatic rings. The van der Waals surface area contributed by atoms with E-state index in [9.17, 15) is 9.59 Å². The van der Waals surface area contributed by atoms with Gasteiger partial charge >= 0.3 is 12.0 Å². The van der Waals surface area contributed by atoms with Gasteiger partial charge in [0.25, 0.3) is 0 Å². The lowest BCUT2D eigenvalue weighted by Crippen LogP contribution is -2.53. The van der Waals surface area contributed by atoms with Crippen LogP contribution >= 0.6 is 0 Å². The summed E-state index contributed by atoms with van der Waals surface area (Å²) in [4.78, 5) is 26.7. The molecule has 3 aliphatic rings. The van der Waals surface area contributed by atoms with E-state index in [2.05, 4.69) is 0 Å². The van der Waals surface area contributed by atoms with Crippen LogP contribution in [-0.4, -0.2) is 64.8 Å². The van der Waals surface area contributed by atoms with Gasteiger partial charge in [0, 0.05) is 19.6 Å². The number of aliphatic carboxylic acids is 1. The van der Waals surface area contributed by atoms with Crippen LogP contribution < -0.4 is 0 Å². The van der Waals surface area contributed by atoms with Crippen molar-refractivity contribution in [3.05, 3.63) is 0 Å². The lowest BCUT2D eigenvalue weighted by molar-refractivity contribution is -0.141. The molecule has 3 aliphatic heterocycles. The summed E-state index contributed by atoms with van der Waals surface area (Å²) in [6.07, 6.45) is 3.67. The number of carbonyl (C=O) groups excluding carboxylic acids is 1. The van der Waals surface area contributed by atoms with Crippen molar-refractivity contribution in [2.75, 3.05) is 19.6 Å².